The Morgan fingerprint density at radius 1 is 1.31 bits per heavy atom. The molecule has 0 aliphatic carbocycles. The third-order valence-corrected chi connectivity index (χ3v) is 3.80. The van der Waals surface area contributed by atoms with E-state index in [2.05, 4.69) is 47.4 Å². The molecule has 0 saturated heterocycles. The number of aromatic nitrogens is 1. The maximum Gasteiger partial charge on any atom is 0.0544 e. The van der Waals surface area contributed by atoms with Crippen LogP contribution in [0.1, 0.15) is 23.5 Å². The van der Waals surface area contributed by atoms with Gasteiger partial charge in [-0.1, -0.05) is 12.1 Å². The van der Waals surface area contributed by atoms with E-state index in [-0.39, 0.29) is 0 Å². The fourth-order valence-electron chi connectivity index (χ4n) is 1.63. The van der Waals surface area contributed by atoms with Crippen molar-refractivity contribution < 1.29 is 0 Å². The minimum absolute atomic E-state index is 0.446. The van der Waals surface area contributed by atoms with Gasteiger partial charge in [-0.05, 0) is 37.6 Å². The van der Waals surface area contributed by atoms with Gasteiger partial charge in [0.2, 0.25) is 0 Å². The van der Waals surface area contributed by atoms with E-state index in [9.17, 15) is 0 Å². The van der Waals surface area contributed by atoms with Crippen LogP contribution < -0.4 is 0 Å². The molecule has 1 atom stereocenters. The number of nitrogens with zero attached hydrogens (tertiary/aromatic N) is 2. The third kappa shape index (κ3) is 2.68. The molecule has 84 valence electrons. The van der Waals surface area contributed by atoms with Gasteiger partial charge < -0.3 is 0 Å². The van der Waals surface area contributed by atoms with E-state index in [1.165, 1.54) is 4.88 Å². The lowest BCUT2D eigenvalue weighted by atomic mass is 10.2. The van der Waals surface area contributed by atoms with Gasteiger partial charge in [-0.25, -0.2) is 0 Å². The number of thiophene rings is 1. The topological polar surface area (TPSA) is 16.1 Å². The highest BCUT2D eigenvalue weighted by atomic mass is 32.1. The lowest BCUT2D eigenvalue weighted by Gasteiger charge is -2.23. The van der Waals surface area contributed by atoms with E-state index >= 15 is 0 Å². The second kappa shape index (κ2) is 5.23. The smallest absolute Gasteiger partial charge is 0.0544 e. The lowest BCUT2D eigenvalue weighted by Crippen LogP contribution is -2.21. The van der Waals surface area contributed by atoms with Crippen molar-refractivity contribution in [3.8, 4) is 0 Å². The first kappa shape index (κ1) is 11.3. The Morgan fingerprint density at radius 3 is 2.81 bits per heavy atom. The van der Waals surface area contributed by atoms with Crippen LogP contribution in [0.2, 0.25) is 0 Å². The minimum atomic E-state index is 0.446. The summed E-state index contributed by atoms with van der Waals surface area (Å²) in [5.41, 5.74) is 1.12. The molecule has 0 fully saturated rings. The zero-order valence-corrected chi connectivity index (χ0v) is 10.4. The van der Waals surface area contributed by atoms with Crippen LogP contribution in [-0.2, 0) is 6.54 Å². The van der Waals surface area contributed by atoms with Crippen LogP contribution in [0.4, 0.5) is 0 Å². The summed E-state index contributed by atoms with van der Waals surface area (Å²) in [7, 11) is 2.14. The van der Waals surface area contributed by atoms with Crippen molar-refractivity contribution in [3.63, 3.8) is 0 Å². The van der Waals surface area contributed by atoms with Crippen molar-refractivity contribution >= 4 is 11.3 Å². The lowest BCUT2D eigenvalue weighted by molar-refractivity contribution is 0.253. The molecule has 2 nitrogen and oxygen atoms in total. The molecule has 0 aliphatic rings. The fourth-order valence-corrected chi connectivity index (χ4v) is 2.48. The van der Waals surface area contributed by atoms with Gasteiger partial charge in [0.05, 0.1) is 5.69 Å². The molecule has 0 aliphatic heterocycles. The highest BCUT2D eigenvalue weighted by Gasteiger charge is 2.12. The Balaban J connectivity index is 2.01. The molecule has 2 heterocycles. The zero-order valence-electron chi connectivity index (χ0n) is 9.63. The van der Waals surface area contributed by atoms with E-state index in [1.807, 2.05) is 29.7 Å². The first-order valence-electron chi connectivity index (χ1n) is 5.41. The first-order valence-corrected chi connectivity index (χ1v) is 6.29. The van der Waals surface area contributed by atoms with Gasteiger partial charge in [-0.2, -0.15) is 0 Å². The van der Waals surface area contributed by atoms with Gasteiger partial charge in [-0.15, -0.1) is 11.3 Å². The SMILES string of the molecule is C[C@H](c1cccs1)N(C)Cc1ccccn1. The average molecular weight is 232 g/mol. The third-order valence-electron chi connectivity index (χ3n) is 2.75. The molecule has 2 aromatic heterocycles. The zero-order chi connectivity index (χ0) is 11.4. The molecule has 0 spiro atoms. The Bertz CT molecular complexity index is 411. The summed E-state index contributed by atoms with van der Waals surface area (Å²) in [4.78, 5) is 8.06. The van der Waals surface area contributed by atoms with E-state index in [0.717, 1.165) is 12.2 Å². The fraction of sp³-hybridized carbons (Fsp3) is 0.308. The van der Waals surface area contributed by atoms with Crippen LogP contribution in [0.25, 0.3) is 0 Å². The van der Waals surface area contributed by atoms with Crippen LogP contribution in [-0.4, -0.2) is 16.9 Å². The van der Waals surface area contributed by atoms with Crippen molar-refractivity contribution in [1.82, 2.24) is 9.88 Å². The molecule has 0 aromatic carbocycles. The highest BCUT2D eigenvalue weighted by molar-refractivity contribution is 7.10. The standard InChI is InChI=1S/C13H16N2S/c1-11(13-7-5-9-16-13)15(2)10-12-6-3-4-8-14-12/h3-9,11H,10H2,1-2H3/t11-/m1/s1. The van der Waals surface area contributed by atoms with Gasteiger partial charge >= 0.3 is 0 Å². The second-order valence-electron chi connectivity index (χ2n) is 3.93. The Hall–Kier alpha value is -1.19. The van der Waals surface area contributed by atoms with E-state index in [0.29, 0.717) is 6.04 Å². The minimum Gasteiger partial charge on any atom is -0.293 e. The highest BCUT2D eigenvalue weighted by Crippen LogP contribution is 2.24. The van der Waals surface area contributed by atoms with Gasteiger partial charge in [0.15, 0.2) is 0 Å². The average Bonchev–Trinajstić information content (AvgIpc) is 2.83. The number of hydrogen-bond acceptors (Lipinski definition) is 3. The normalized spacial score (nSPS) is 12.9. The maximum absolute atomic E-state index is 4.34. The van der Waals surface area contributed by atoms with Crippen LogP contribution in [0.15, 0.2) is 41.9 Å². The van der Waals surface area contributed by atoms with Crippen molar-refractivity contribution in [2.75, 3.05) is 7.05 Å². The largest absolute Gasteiger partial charge is 0.293 e. The summed E-state index contributed by atoms with van der Waals surface area (Å²) >= 11 is 1.81. The number of pyridine rings is 1. The van der Waals surface area contributed by atoms with Gasteiger partial charge in [0, 0.05) is 23.7 Å². The van der Waals surface area contributed by atoms with Crippen LogP contribution in [0, 0.1) is 0 Å². The predicted octanol–water partition coefficient (Wildman–Crippen LogP) is 3.34. The molecule has 16 heavy (non-hydrogen) atoms. The molecule has 0 radical (unpaired) electrons. The van der Waals surface area contributed by atoms with Crippen LogP contribution in [0.3, 0.4) is 0 Å². The molecule has 2 aromatic rings. The number of hydrogen-bond donors (Lipinski definition) is 0. The number of rotatable bonds is 4. The van der Waals surface area contributed by atoms with E-state index < -0.39 is 0 Å². The van der Waals surface area contributed by atoms with Crippen LogP contribution in [0.5, 0.6) is 0 Å². The van der Waals surface area contributed by atoms with Crippen molar-refractivity contribution in [3.05, 3.63) is 52.5 Å². The Labute approximate surface area is 101 Å². The van der Waals surface area contributed by atoms with Gasteiger partial charge in [0.25, 0.3) is 0 Å². The molecular weight excluding hydrogens is 216 g/mol. The monoisotopic (exact) mass is 232 g/mol. The van der Waals surface area contributed by atoms with Crippen molar-refractivity contribution in [1.29, 1.82) is 0 Å². The van der Waals surface area contributed by atoms with Crippen molar-refractivity contribution in [2.45, 2.75) is 19.5 Å². The van der Waals surface area contributed by atoms with E-state index in [4.69, 9.17) is 0 Å². The molecule has 0 N–H and O–H groups in total. The molecule has 0 amide bonds. The summed E-state index contributed by atoms with van der Waals surface area (Å²) in [6.45, 7) is 3.12. The van der Waals surface area contributed by atoms with Crippen LogP contribution >= 0.6 is 11.3 Å². The van der Waals surface area contributed by atoms with E-state index in [1.54, 1.807) is 0 Å². The summed E-state index contributed by atoms with van der Waals surface area (Å²) in [6, 6.07) is 10.8. The summed E-state index contributed by atoms with van der Waals surface area (Å²) in [6.07, 6.45) is 1.85. The first-order chi connectivity index (χ1) is 7.77. The van der Waals surface area contributed by atoms with Gasteiger partial charge in [0.1, 0.15) is 0 Å². The maximum atomic E-state index is 4.34. The van der Waals surface area contributed by atoms with Crippen molar-refractivity contribution in [2.24, 2.45) is 0 Å². The molecule has 0 saturated carbocycles. The Morgan fingerprint density at radius 2 is 2.19 bits per heavy atom. The summed E-state index contributed by atoms with van der Waals surface area (Å²) in [5, 5.41) is 2.13. The Kier molecular flexibility index (Phi) is 3.70. The molecule has 2 rings (SSSR count). The molecule has 3 heteroatoms. The summed E-state index contributed by atoms with van der Waals surface area (Å²) < 4.78 is 0. The predicted molar refractivity (Wildman–Crippen MR) is 68.4 cm³/mol. The molecular formula is C13H16N2S. The second-order valence-corrected chi connectivity index (χ2v) is 4.91. The van der Waals surface area contributed by atoms with Gasteiger partial charge in [-0.3, -0.25) is 9.88 Å². The quantitative estimate of drug-likeness (QED) is 0.803. The summed E-state index contributed by atoms with van der Waals surface area (Å²) in [5.74, 6) is 0. The molecule has 0 unspecified atom stereocenters. The molecule has 0 bridgehead atoms.